The molecule has 0 unspecified atom stereocenters. The monoisotopic (exact) mass is 283 g/mol. The molecule has 0 aromatic heterocycles. The maximum atomic E-state index is 13.7. The van der Waals surface area contributed by atoms with Gasteiger partial charge in [-0.05, 0) is 31.0 Å². The van der Waals surface area contributed by atoms with Crippen LogP contribution in [0.15, 0.2) is 18.2 Å². The smallest absolute Gasteiger partial charge is 0.256 e. The van der Waals surface area contributed by atoms with Crippen LogP contribution in [-0.4, -0.2) is 41.2 Å². The molecule has 112 valence electrons. The zero-order chi connectivity index (χ0) is 15.3. The Morgan fingerprint density at radius 3 is 2.45 bits per heavy atom. The third-order valence-corrected chi connectivity index (χ3v) is 3.94. The van der Waals surface area contributed by atoms with Gasteiger partial charge in [0.15, 0.2) is 0 Å². The Morgan fingerprint density at radius 2 is 1.95 bits per heavy atom. The topological polar surface area (TPSA) is 60.8 Å². The molecule has 0 bridgehead atoms. The van der Waals surface area contributed by atoms with Gasteiger partial charge in [-0.15, -0.1) is 0 Å². The molecule has 1 aromatic rings. The SMILES string of the molecule is CCC(CC)(CO)CN(C)C(=O)c1cc(O)ccc1F. The number of carbonyl (C=O) groups is 1. The van der Waals surface area contributed by atoms with Crippen molar-refractivity contribution in [3.63, 3.8) is 0 Å². The molecule has 4 nitrogen and oxygen atoms in total. The van der Waals surface area contributed by atoms with Gasteiger partial charge in [0.05, 0.1) is 12.2 Å². The lowest BCUT2D eigenvalue weighted by Gasteiger charge is -2.34. The Hall–Kier alpha value is -1.62. The van der Waals surface area contributed by atoms with Gasteiger partial charge in [-0.3, -0.25) is 4.79 Å². The lowest BCUT2D eigenvalue weighted by atomic mass is 9.82. The number of phenolic OH excluding ortho intramolecular Hbond substituents is 1. The van der Waals surface area contributed by atoms with Crippen molar-refractivity contribution in [3.8, 4) is 5.75 Å². The van der Waals surface area contributed by atoms with Gasteiger partial charge in [-0.25, -0.2) is 4.39 Å². The number of nitrogens with zero attached hydrogens (tertiary/aromatic N) is 1. The van der Waals surface area contributed by atoms with Crippen molar-refractivity contribution < 1.29 is 19.4 Å². The molecular weight excluding hydrogens is 261 g/mol. The average Bonchev–Trinajstić information content (AvgIpc) is 2.46. The Bertz CT molecular complexity index is 464. The molecule has 0 saturated heterocycles. The number of carbonyl (C=O) groups excluding carboxylic acids is 1. The van der Waals surface area contributed by atoms with Crippen LogP contribution in [-0.2, 0) is 0 Å². The summed E-state index contributed by atoms with van der Waals surface area (Å²) in [5.74, 6) is -1.32. The van der Waals surface area contributed by atoms with Gasteiger partial charge in [0, 0.05) is 19.0 Å². The molecule has 0 saturated carbocycles. The highest BCUT2D eigenvalue weighted by atomic mass is 19.1. The summed E-state index contributed by atoms with van der Waals surface area (Å²) in [6.45, 7) is 4.21. The van der Waals surface area contributed by atoms with Crippen LogP contribution in [0.3, 0.4) is 0 Å². The fraction of sp³-hybridized carbons (Fsp3) is 0.533. The minimum atomic E-state index is -0.665. The summed E-state index contributed by atoms with van der Waals surface area (Å²) in [7, 11) is 1.57. The molecule has 0 radical (unpaired) electrons. The number of aromatic hydroxyl groups is 1. The number of hydrogen-bond donors (Lipinski definition) is 2. The fourth-order valence-corrected chi connectivity index (χ4v) is 2.20. The highest BCUT2D eigenvalue weighted by Gasteiger charge is 2.29. The van der Waals surface area contributed by atoms with E-state index in [2.05, 4.69) is 0 Å². The summed E-state index contributed by atoms with van der Waals surface area (Å²) >= 11 is 0. The van der Waals surface area contributed by atoms with Crippen molar-refractivity contribution in [2.45, 2.75) is 26.7 Å². The number of hydrogen-bond acceptors (Lipinski definition) is 3. The lowest BCUT2D eigenvalue weighted by molar-refractivity contribution is 0.0541. The second-order valence-corrected chi connectivity index (χ2v) is 5.19. The largest absolute Gasteiger partial charge is 0.508 e. The van der Waals surface area contributed by atoms with E-state index >= 15 is 0 Å². The third kappa shape index (κ3) is 3.48. The van der Waals surface area contributed by atoms with E-state index in [1.165, 1.54) is 11.0 Å². The highest BCUT2D eigenvalue weighted by Crippen LogP contribution is 2.27. The van der Waals surface area contributed by atoms with Crippen LogP contribution in [0, 0.1) is 11.2 Å². The van der Waals surface area contributed by atoms with Crippen LogP contribution >= 0.6 is 0 Å². The number of benzene rings is 1. The maximum Gasteiger partial charge on any atom is 0.256 e. The normalized spacial score (nSPS) is 11.4. The Balaban J connectivity index is 2.94. The van der Waals surface area contributed by atoms with Crippen LogP contribution in [0.2, 0.25) is 0 Å². The molecule has 0 heterocycles. The highest BCUT2D eigenvalue weighted by molar-refractivity contribution is 5.94. The lowest BCUT2D eigenvalue weighted by Crippen LogP contribution is -2.40. The average molecular weight is 283 g/mol. The fourth-order valence-electron chi connectivity index (χ4n) is 2.20. The van der Waals surface area contributed by atoms with Crippen molar-refractivity contribution in [2.24, 2.45) is 5.41 Å². The zero-order valence-electron chi connectivity index (χ0n) is 12.2. The summed E-state index contributed by atoms with van der Waals surface area (Å²) in [5, 5.41) is 18.9. The van der Waals surface area contributed by atoms with Crippen molar-refractivity contribution in [3.05, 3.63) is 29.6 Å². The number of aliphatic hydroxyl groups excluding tert-OH is 1. The van der Waals surface area contributed by atoms with E-state index in [4.69, 9.17) is 0 Å². The molecule has 0 aliphatic heterocycles. The summed E-state index contributed by atoms with van der Waals surface area (Å²) in [5.41, 5.74) is -0.538. The van der Waals surface area contributed by atoms with E-state index in [1.54, 1.807) is 7.05 Å². The minimum absolute atomic E-state index is 0.0276. The molecule has 20 heavy (non-hydrogen) atoms. The molecule has 5 heteroatoms. The maximum absolute atomic E-state index is 13.7. The Kier molecular flexibility index (Phi) is 5.51. The summed E-state index contributed by atoms with van der Waals surface area (Å²) in [6, 6.07) is 3.38. The van der Waals surface area contributed by atoms with Crippen molar-refractivity contribution >= 4 is 5.91 Å². The van der Waals surface area contributed by atoms with Crippen LogP contribution in [0.5, 0.6) is 5.75 Å². The van der Waals surface area contributed by atoms with Gasteiger partial charge in [-0.2, -0.15) is 0 Å². The molecule has 0 atom stereocenters. The van der Waals surface area contributed by atoms with Gasteiger partial charge in [0.25, 0.3) is 5.91 Å². The first-order chi connectivity index (χ1) is 9.39. The molecule has 0 aliphatic carbocycles. The van der Waals surface area contributed by atoms with Crippen LogP contribution in [0.1, 0.15) is 37.0 Å². The van der Waals surface area contributed by atoms with E-state index in [-0.39, 0.29) is 23.3 Å². The van der Waals surface area contributed by atoms with Gasteiger partial charge in [0.2, 0.25) is 0 Å². The number of rotatable bonds is 6. The number of halogens is 1. The van der Waals surface area contributed by atoms with Crippen LogP contribution < -0.4 is 0 Å². The van der Waals surface area contributed by atoms with Gasteiger partial charge < -0.3 is 15.1 Å². The quantitative estimate of drug-likeness (QED) is 0.842. The number of phenols is 1. The third-order valence-electron chi connectivity index (χ3n) is 3.94. The summed E-state index contributed by atoms with van der Waals surface area (Å²) in [6.07, 6.45) is 1.44. The standard InChI is InChI=1S/C15H22FNO3/c1-4-15(5-2,10-18)9-17(3)14(20)12-8-11(19)6-7-13(12)16/h6-8,18-19H,4-5,9-10H2,1-3H3. The molecule has 0 fully saturated rings. The van der Waals surface area contributed by atoms with Gasteiger partial charge in [-0.1, -0.05) is 13.8 Å². The number of amides is 1. The Labute approximate surface area is 118 Å². The molecule has 0 spiro atoms. The molecule has 1 amide bonds. The predicted molar refractivity (Wildman–Crippen MR) is 75.1 cm³/mol. The molecule has 1 rings (SSSR count). The second-order valence-electron chi connectivity index (χ2n) is 5.19. The number of aliphatic hydroxyl groups is 1. The minimum Gasteiger partial charge on any atom is -0.508 e. The van der Waals surface area contributed by atoms with Crippen LogP contribution in [0.4, 0.5) is 4.39 Å². The first-order valence-corrected chi connectivity index (χ1v) is 6.74. The second kappa shape index (κ2) is 6.70. The van der Waals surface area contributed by atoms with Crippen molar-refractivity contribution in [1.82, 2.24) is 4.90 Å². The van der Waals surface area contributed by atoms with Crippen molar-refractivity contribution in [1.29, 1.82) is 0 Å². The predicted octanol–water partition coefficient (Wildman–Crippen LogP) is 2.40. The van der Waals surface area contributed by atoms with Gasteiger partial charge in [0.1, 0.15) is 11.6 Å². The molecule has 0 aliphatic rings. The Morgan fingerprint density at radius 1 is 1.35 bits per heavy atom. The molecule has 2 N–H and O–H groups in total. The van der Waals surface area contributed by atoms with Gasteiger partial charge >= 0.3 is 0 Å². The van der Waals surface area contributed by atoms with E-state index < -0.39 is 11.7 Å². The first-order valence-electron chi connectivity index (χ1n) is 6.74. The summed E-state index contributed by atoms with van der Waals surface area (Å²) < 4.78 is 13.7. The molecular formula is C15H22FNO3. The van der Waals surface area contributed by atoms with Crippen LogP contribution in [0.25, 0.3) is 0 Å². The van der Waals surface area contributed by atoms with E-state index in [0.29, 0.717) is 6.54 Å². The first kappa shape index (κ1) is 16.4. The van der Waals surface area contributed by atoms with E-state index in [1.807, 2.05) is 13.8 Å². The van der Waals surface area contributed by atoms with Crippen molar-refractivity contribution in [2.75, 3.05) is 20.2 Å². The van der Waals surface area contributed by atoms with E-state index in [0.717, 1.165) is 25.0 Å². The summed E-state index contributed by atoms with van der Waals surface area (Å²) in [4.78, 5) is 13.6. The van der Waals surface area contributed by atoms with E-state index in [9.17, 15) is 19.4 Å². The molecule has 1 aromatic carbocycles. The zero-order valence-corrected chi connectivity index (χ0v) is 12.2.